The Morgan fingerprint density at radius 2 is 2.00 bits per heavy atom. The maximum Gasteiger partial charge on any atom is 0.312 e. The highest BCUT2D eigenvalue weighted by molar-refractivity contribution is 6.08. The van der Waals surface area contributed by atoms with Crippen molar-refractivity contribution in [2.45, 2.75) is 18.9 Å². The molecule has 2 aromatic rings. The van der Waals surface area contributed by atoms with Crippen LogP contribution in [0.1, 0.15) is 34.1 Å². The molecular formula is C18H15NO4. The molecule has 0 fully saturated rings. The number of terminal acetylenes is 1. The lowest BCUT2D eigenvalue weighted by Crippen LogP contribution is -2.10. The standard InChI is InChI=1S/C18H15NO4/c1-2-11-23-13-5-3-12(4-6-13)17(20)16-8-7-15-14(18(21)22)9-10-19(15)16/h1,3-8,14H,9-11H2,(H,21,22). The minimum absolute atomic E-state index is 0.134. The van der Waals surface area contributed by atoms with E-state index in [2.05, 4.69) is 5.92 Å². The van der Waals surface area contributed by atoms with Gasteiger partial charge in [0.05, 0.1) is 11.6 Å². The maximum atomic E-state index is 12.6. The van der Waals surface area contributed by atoms with Gasteiger partial charge in [-0.05, 0) is 42.8 Å². The number of carboxylic acids is 1. The van der Waals surface area contributed by atoms with Crippen molar-refractivity contribution in [2.24, 2.45) is 0 Å². The second-order valence-corrected chi connectivity index (χ2v) is 5.32. The third-order valence-corrected chi connectivity index (χ3v) is 3.98. The second-order valence-electron chi connectivity index (χ2n) is 5.32. The van der Waals surface area contributed by atoms with E-state index in [4.69, 9.17) is 11.2 Å². The number of carbonyl (C=O) groups is 2. The average Bonchev–Trinajstić information content (AvgIpc) is 3.14. The first-order chi connectivity index (χ1) is 11.1. The molecule has 0 saturated carbocycles. The van der Waals surface area contributed by atoms with Gasteiger partial charge in [0.2, 0.25) is 5.78 Å². The van der Waals surface area contributed by atoms with Gasteiger partial charge in [-0.1, -0.05) is 5.92 Å². The molecule has 116 valence electrons. The molecule has 1 atom stereocenters. The van der Waals surface area contributed by atoms with Crippen LogP contribution in [0.15, 0.2) is 36.4 Å². The number of carboxylic acid groups (broad SMARTS) is 1. The second kappa shape index (κ2) is 6.01. The van der Waals surface area contributed by atoms with Gasteiger partial charge in [-0.15, -0.1) is 6.42 Å². The van der Waals surface area contributed by atoms with Crippen molar-refractivity contribution in [3.05, 3.63) is 53.3 Å². The van der Waals surface area contributed by atoms with Gasteiger partial charge in [-0.25, -0.2) is 0 Å². The third kappa shape index (κ3) is 2.71. The van der Waals surface area contributed by atoms with Gasteiger partial charge in [-0.3, -0.25) is 9.59 Å². The number of aromatic nitrogens is 1. The van der Waals surface area contributed by atoms with E-state index < -0.39 is 11.9 Å². The predicted octanol–water partition coefficient (Wildman–Crippen LogP) is 2.30. The fourth-order valence-electron chi connectivity index (χ4n) is 2.87. The van der Waals surface area contributed by atoms with Crippen molar-refractivity contribution < 1.29 is 19.4 Å². The fourth-order valence-corrected chi connectivity index (χ4v) is 2.87. The zero-order chi connectivity index (χ0) is 16.4. The van der Waals surface area contributed by atoms with Gasteiger partial charge in [0, 0.05) is 17.8 Å². The maximum absolute atomic E-state index is 12.6. The summed E-state index contributed by atoms with van der Waals surface area (Å²) in [5.41, 5.74) is 1.73. The summed E-state index contributed by atoms with van der Waals surface area (Å²) in [5.74, 6) is 1.46. The summed E-state index contributed by atoms with van der Waals surface area (Å²) < 4.78 is 7.07. The van der Waals surface area contributed by atoms with E-state index in [-0.39, 0.29) is 12.4 Å². The van der Waals surface area contributed by atoms with Crippen LogP contribution in [0.25, 0.3) is 0 Å². The van der Waals surface area contributed by atoms with E-state index in [1.807, 2.05) is 0 Å². The van der Waals surface area contributed by atoms with Gasteiger partial charge in [0.15, 0.2) is 0 Å². The minimum atomic E-state index is -0.851. The molecule has 5 nitrogen and oxygen atoms in total. The van der Waals surface area contributed by atoms with Crippen molar-refractivity contribution in [1.29, 1.82) is 0 Å². The molecule has 1 unspecified atom stereocenters. The topological polar surface area (TPSA) is 68.5 Å². The van der Waals surface area contributed by atoms with Gasteiger partial charge in [-0.2, -0.15) is 0 Å². The highest BCUT2D eigenvalue weighted by Crippen LogP contribution is 2.31. The zero-order valence-electron chi connectivity index (χ0n) is 12.4. The minimum Gasteiger partial charge on any atom is -0.481 e. The molecule has 1 aromatic carbocycles. The molecule has 0 spiro atoms. The average molecular weight is 309 g/mol. The van der Waals surface area contributed by atoms with E-state index in [0.717, 1.165) is 0 Å². The Kier molecular flexibility index (Phi) is 3.90. The van der Waals surface area contributed by atoms with Crippen molar-refractivity contribution >= 4 is 11.8 Å². The van der Waals surface area contributed by atoms with Crippen LogP contribution in [-0.2, 0) is 11.3 Å². The van der Waals surface area contributed by atoms with E-state index in [1.165, 1.54) is 0 Å². The smallest absolute Gasteiger partial charge is 0.312 e. The number of fused-ring (bicyclic) bond motifs is 1. The molecule has 0 bridgehead atoms. The van der Waals surface area contributed by atoms with Gasteiger partial charge in [0.25, 0.3) is 0 Å². The molecule has 23 heavy (non-hydrogen) atoms. The van der Waals surface area contributed by atoms with Gasteiger partial charge in [0.1, 0.15) is 12.4 Å². The molecule has 5 heteroatoms. The number of benzene rings is 1. The molecule has 2 heterocycles. The molecular weight excluding hydrogens is 294 g/mol. The number of rotatable bonds is 5. The summed E-state index contributed by atoms with van der Waals surface area (Å²) in [5, 5.41) is 9.20. The fraction of sp³-hybridized carbons (Fsp3) is 0.222. The van der Waals surface area contributed by atoms with Crippen LogP contribution in [0.2, 0.25) is 0 Å². The Balaban J connectivity index is 1.83. The monoisotopic (exact) mass is 309 g/mol. The first-order valence-electron chi connectivity index (χ1n) is 7.25. The van der Waals surface area contributed by atoms with E-state index >= 15 is 0 Å². The van der Waals surface area contributed by atoms with Crippen molar-refractivity contribution in [3.8, 4) is 18.1 Å². The third-order valence-electron chi connectivity index (χ3n) is 3.98. The van der Waals surface area contributed by atoms with Crippen LogP contribution in [0.3, 0.4) is 0 Å². The Morgan fingerprint density at radius 1 is 1.26 bits per heavy atom. The summed E-state index contributed by atoms with van der Waals surface area (Å²) in [7, 11) is 0. The number of hydrogen-bond donors (Lipinski definition) is 1. The number of ether oxygens (including phenoxy) is 1. The summed E-state index contributed by atoms with van der Waals surface area (Å²) in [6.45, 7) is 0.722. The van der Waals surface area contributed by atoms with Crippen molar-refractivity contribution in [2.75, 3.05) is 6.61 Å². The quantitative estimate of drug-likeness (QED) is 0.680. The molecule has 0 radical (unpaired) electrons. The summed E-state index contributed by atoms with van der Waals surface area (Å²) >= 11 is 0. The molecule has 1 aliphatic rings. The Hall–Kier alpha value is -3.00. The number of hydrogen-bond acceptors (Lipinski definition) is 3. The molecule has 0 saturated heterocycles. The van der Waals surface area contributed by atoms with Crippen LogP contribution in [-0.4, -0.2) is 28.0 Å². The summed E-state index contributed by atoms with van der Waals surface area (Å²) in [6, 6.07) is 10.2. The molecule has 1 aromatic heterocycles. The Morgan fingerprint density at radius 3 is 2.65 bits per heavy atom. The highest BCUT2D eigenvalue weighted by atomic mass is 16.5. The zero-order valence-corrected chi connectivity index (χ0v) is 12.4. The van der Waals surface area contributed by atoms with Gasteiger partial charge >= 0.3 is 5.97 Å². The van der Waals surface area contributed by atoms with E-state index in [9.17, 15) is 14.7 Å². The van der Waals surface area contributed by atoms with Crippen molar-refractivity contribution in [1.82, 2.24) is 4.57 Å². The Labute approximate surface area is 133 Å². The van der Waals surface area contributed by atoms with Crippen LogP contribution in [0.5, 0.6) is 5.75 Å². The van der Waals surface area contributed by atoms with Crippen LogP contribution < -0.4 is 4.74 Å². The van der Waals surface area contributed by atoms with E-state index in [1.54, 1.807) is 41.0 Å². The van der Waals surface area contributed by atoms with Crippen LogP contribution in [0.4, 0.5) is 0 Å². The largest absolute Gasteiger partial charge is 0.481 e. The lowest BCUT2D eigenvalue weighted by Gasteiger charge is -2.07. The molecule has 0 aliphatic carbocycles. The predicted molar refractivity (Wildman–Crippen MR) is 83.6 cm³/mol. The first-order valence-corrected chi connectivity index (χ1v) is 7.25. The van der Waals surface area contributed by atoms with Gasteiger partial charge < -0.3 is 14.4 Å². The van der Waals surface area contributed by atoms with Crippen molar-refractivity contribution in [3.63, 3.8) is 0 Å². The van der Waals surface area contributed by atoms with Crippen LogP contribution in [0, 0.1) is 12.3 Å². The molecule has 3 rings (SSSR count). The lowest BCUT2D eigenvalue weighted by atomic mass is 10.1. The molecule has 1 aliphatic heterocycles. The Bertz CT molecular complexity index is 795. The first kappa shape index (κ1) is 14.9. The molecule has 1 N–H and O–H groups in total. The van der Waals surface area contributed by atoms with E-state index in [0.29, 0.717) is 35.7 Å². The number of aliphatic carboxylic acids is 1. The number of ketones is 1. The number of carbonyl (C=O) groups excluding carboxylic acids is 1. The summed E-state index contributed by atoms with van der Waals surface area (Å²) in [6.07, 6.45) is 5.65. The van der Waals surface area contributed by atoms with Crippen LogP contribution >= 0.6 is 0 Å². The number of nitrogens with zero attached hydrogens (tertiary/aromatic N) is 1. The summed E-state index contributed by atoms with van der Waals surface area (Å²) in [4.78, 5) is 23.8. The molecule has 0 amide bonds. The lowest BCUT2D eigenvalue weighted by molar-refractivity contribution is -0.138. The highest BCUT2D eigenvalue weighted by Gasteiger charge is 2.31. The SMILES string of the molecule is C#CCOc1ccc(C(=O)c2ccc3n2CCC3C(=O)O)cc1. The normalized spacial score (nSPS) is 15.7.